The van der Waals surface area contributed by atoms with Gasteiger partial charge in [-0.1, -0.05) is 29.3 Å². The molecule has 2 aromatic carbocycles. The summed E-state index contributed by atoms with van der Waals surface area (Å²) in [4.78, 5) is 28.5. The van der Waals surface area contributed by atoms with Crippen LogP contribution in [0.25, 0.3) is 11.0 Å². The van der Waals surface area contributed by atoms with Gasteiger partial charge in [-0.2, -0.15) is 0 Å². The molecule has 1 unspecified atom stereocenters. The molecule has 178 valence electrons. The number of benzene rings is 2. The number of fused-ring (bicyclic) bond motifs is 1. The fourth-order valence-corrected chi connectivity index (χ4v) is 4.73. The van der Waals surface area contributed by atoms with E-state index in [1.54, 1.807) is 37.3 Å². The molecule has 0 spiro atoms. The minimum absolute atomic E-state index is 0.0642. The van der Waals surface area contributed by atoms with Gasteiger partial charge in [0.1, 0.15) is 17.6 Å². The van der Waals surface area contributed by atoms with Crippen molar-refractivity contribution in [3.8, 4) is 5.75 Å². The number of hydrogen-bond donors (Lipinski definition) is 1. The van der Waals surface area contributed by atoms with E-state index in [-0.39, 0.29) is 11.3 Å². The van der Waals surface area contributed by atoms with Gasteiger partial charge in [-0.25, -0.2) is 0 Å². The Hall–Kier alpha value is -3.97. The average Bonchev–Trinajstić information content (AvgIpc) is 3.50. The summed E-state index contributed by atoms with van der Waals surface area (Å²) >= 11 is 6.16. The number of carbonyl (C=O) groups excluding carboxylic acids is 2. The number of hydrogen-bond acceptors (Lipinski definition) is 6. The molecule has 4 aromatic rings. The van der Waals surface area contributed by atoms with Gasteiger partial charge in [0.25, 0.3) is 5.91 Å². The van der Waals surface area contributed by atoms with E-state index in [2.05, 4.69) is 0 Å². The van der Waals surface area contributed by atoms with Crippen LogP contribution in [0.5, 0.6) is 5.75 Å². The Kier molecular flexibility index (Phi) is 5.44. The summed E-state index contributed by atoms with van der Waals surface area (Å²) in [7, 11) is 1.47. The molecule has 0 aliphatic carbocycles. The van der Waals surface area contributed by atoms with E-state index in [4.69, 9.17) is 25.2 Å². The minimum atomic E-state index is -0.983. The number of methoxy groups -OCH3 is 1. The molecule has 0 bridgehead atoms. The van der Waals surface area contributed by atoms with Crippen LogP contribution < -0.4 is 9.64 Å². The Bertz CT molecular complexity index is 1540. The van der Waals surface area contributed by atoms with E-state index < -0.39 is 23.5 Å². The number of aryl methyl sites for hydroxylation is 3. The van der Waals surface area contributed by atoms with Crippen LogP contribution in [-0.2, 0) is 4.79 Å². The second-order valence-corrected chi connectivity index (χ2v) is 8.98. The van der Waals surface area contributed by atoms with Crippen molar-refractivity contribution >= 4 is 39.9 Å². The largest absolute Gasteiger partial charge is 0.503 e. The SMILES string of the molecule is COc1cc(Cl)cc2cc(C(=O)C3=C(O)C(=O)N(c4ccc(C)cc4C)C3c3ccc(C)o3)oc12. The molecule has 1 aliphatic heterocycles. The molecule has 0 saturated carbocycles. The number of amides is 1. The first-order valence-electron chi connectivity index (χ1n) is 10.9. The fourth-order valence-electron chi connectivity index (χ4n) is 4.51. The summed E-state index contributed by atoms with van der Waals surface area (Å²) in [5.74, 6) is -0.741. The number of Topliss-reactive ketones (excluding diaryl/α,β-unsaturated/α-hetero) is 1. The lowest BCUT2D eigenvalue weighted by atomic mass is 9.98. The maximum absolute atomic E-state index is 13.8. The number of aliphatic hydroxyl groups is 1. The van der Waals surface area contributed by atoms with Crippen molar-refractivity contribution in [1.82, 2.24) is 0 Å². The molecule has 35 heavy (non-hydrogen) atoms. The van der Waals surface area contributed by atoms with E-state index in [0.29, 0.717) is 38.9 Å². The standard InChI is InChI=1S/C27H22ClNO6/c1-13-5-7-18(14(2)9-13)29-23(19-8-6-15(3)34-19)22(25(31)27(29)32)24(30)20-11-16-10-17(28)12-21(33-4)26(16)35-20/h5-12,23,31H,1-4H3. The lowest BCUT2D eigenvalue weighted by Gasteiger charge is -2.26. The summed E-state index contributed by atoms with van der Waals surface area (Å²) in [6, 6.07) is 12.8. The third-order valence-electron chi connectivity index (χ3n) is 6.09. The van der Waals surface area contributed by atoms with E-state index >= 15 is 0 Å². The van der Waals surface area contributed by atoms with Gasteiger partial charge in [0, 0.05) is 22.2 Å². The highest BCUT2D eigenvalue weighted by Gasteiger charge is 2.47. The molecule has 0 radical (unpaired) electrons. The van der Waals surface area contributed by atoms with Gasteiger partial charge in [0.15, 0.2) is 22.9 Å². The quantitative estimate of drug-likeness (QED) is 0.325. The fraction of sp³-hybridized carbons (Fsp3) is 0.185. The number of carbonyl (C=O) groups is 2. The van der Waals surface area contributed by atoms with Crippen molar-refractivity contribution in [2.45, 2.75) is 26.8 Å². The highest BCUT2D eigenvalue weighted by atomic mass is 35.5. The van der Waals surface area contributed by atoms with E-state index in [9.17, 15) is 14.7 Å². The van der Waals surface area contributed by atoms with E-state index in [1.165, 1.54) is 18.1 Å². The van der Waals surface area contributed by atoms with Crippen molar-refractivity contribution in [3.05, 3.63) is 93.3 Å². The van der Waals surface area contributed by atoms with Gasteiger partial charge >= 0.3 is 0 Å². The van der Waals surface area contributed by atoms with Gasteiger partial charge in [0.2, 0.25) is 5.78 Å². The number of anilines is 1. The van der Waals surface area contributed by atoms with Gasteiger partial charge in [-0.15, -0.1) is 0 Å². The zero-order valence-electron chi connectivity index (χ0n) is 19.5. The molecular formula is C27H22ClNO6. The predicted molar refractivity (Wildman–Crippen MR) is 131 cm³/mol. The Morgan fingerprint density at radius 1 is 1.06 bits per heavy atom. The third-order valence-corrected chi connectivity index (χ3v) is 6.30. The third kappa shape index (κ3) is 3.68. The Balaban J connectivity index is 1.67. The van der Waals surface area contributed by atoms with Crippen molar-refractivity contribution < 1.29 is 28.3 Å². The topological polar surface area (TPSA) is 93.1 Å². The van der Waals surface area contributed by atoms with Crippen LogP contribution in [0.1, 0.15) is 39.2 Å². The lowest BCUT2D eigenvalue weighted by molar-refractivity contribution is -0.117. The van der Waals surface area contributed by atoms with Crippen molar-refractivity contribution in [2.24, 2.45) is 0 Å². The minimum Gasteiger partial charge on any atom is -0.503 e. The maximum Gasteiger partial charge on any atom is 0.294 e. The molecule has 1 atom stereocenters. The Morgan fingerprint density at radius 2 is 1.83 bits per heavy atom. The number of nitrogens with zero attached hydrogens (tertiary/aromatic N) is 1. The van der Waals surface area contributed by atoms with Crippen LogP contribution in [-0.4, -0.2) is 23.9 Å². The smallest absolute Gasteiger partial charge is 0.294 e. The van der Waals surface area contributed by atoms with Crippen LogP contribution >= 0.6 is 11.6 Å². The second-order valence-electron chi connectivity index (χ2n) is 8.54. The molecule has 7 nitrogen and oxygen atoms in total. The molecular weight excluding hydrogens is 470 g/mol. The molecule has 1 amide bonds. The second kappa shape index (κ2) is 8.36. The summed E-state index contributed by atoms with van der Waals surface area (Å²) in [5.41, 5.74) is 2.60. The summed E-state index contributed by atoms with van der Waals surface area (Å²) < 4.78 is 17.0. The lowest BCUT2D eigenvalue weighted by Crippen LogP contribution is -2.31. The van der Waals surface area contributed by atoms with Crippen LogP contribution in [0.3, 0.4) is 0 Å². The summed E-state index contributed by atoms with van der Waals surface area (Å²) in [6.07, 6.45) is 0. The zero-order valence-corrected chi connectivity index (χ0v) is 20.3. The molecule has 0 saturated heterocycles. The monoisotopic (exact) mass is 491 g/mol. The van der Waals surface area contributed by atoms with Crippen LogP contribution in [0.4, 0.5) is 5.69 Å². The van der Waals surface area contributed by atoms with Crippen molar-refractivity contribution in [1.29, 1.82) is 0 Å². The van der Waals surface area contributed by atoms with Crippen LogP contribution in [0.15, 0.2) is 68.7 Å². The first-order chi connectivity index (χ1) is 16.7. The number of furan rings is 2. The molecule has 2 aromatic heterocycles. The molecule has 5 rings (SSSR count). The van der Waals surface area contributed by atoms with Gasteiger partial charge in [-0.05, 0) is 56.7 Å². The van der Waals surface area contributed by atoms with Crippen molar-refractivity contribution in [2.75, 3.05) is 12.0 Å². The molecule has 3 heterocycles. The number of rotatable bonds is 5. The molecule has 8 heteroatoms. The maximum atomic E-state index is 13.8. The molecule has 0 fully saturated rings. The van der Waals surface area contributed by atoms with Crippen LogP contribution in [0.2, 0.25) is 5.02 Å². The number of halogens is 1. The number of ketones is 1. The van der Waals surface area contributed by atoms with Crippen LogP contribution in [0, 0.1) is 20.8 Å². The van der Waals surface area contributed by atoms with Gasteiger partial charge in [-0.3, -0.25) is 14.5 Å². The molecule has 1 aliphatic rings. The van der Waals surface area contributed by atoms with E-state index in [0.717, 1.165) is 11.1 Å². The van der Waals surface area contributed by atoms with Crippen molar-refractivity contribution in [3.63, 3.8) is 0 Å². The van der Waals surface area contributed by atoms with Gasteiger partial charge < -0.3 is 18.7 Å². The highest BCUT2D eigenvalue weighted by Crippen LogP contribution is 2.44. The number of aliphatic hydroxyl groups excluding tert-OH is 1. The number of ether oxygens (including phenoxy) is 1. The first-order valence-corrected chi connectivity index (χ1v) is 11.3. The average molecular weight is 492 g/mol. The first kappa shape index (κ1) is 22.8. The normalized spacial score (nSPS) is 16.0. The van der Waals surface area contributed by atoms with E-state index in [1.807, 2.05) is 26.0 Å². The predicted octanol–water partition coefficient (Wildman–Crippen LogP) is 6.40. The van der Waals surface area contributed by atoms with Gasteiger partial charge in [0.05, 0.1) is 12.7 Å². The molecule has 1 N–H and O–H groups in total. The Labute approximate surface area is 206 Å². The highest BCUT2D eigenvalue weighted by molar-refractivity contribution is 6.31. The Morgan fingerprint density at radius 3 is 2.49 bits per heavy atom. The summed E-state index contributed by atoms with van der Waals surface area (Å²) in [5, 5.41) is 11.9. The summed E-state index contributed by atoms with van der Waals surface area (Å²) in [6.45, 7) is 5.58. The zero-order chi connectivity index (χ0) is 25.0.